The number of carbonyl (C=O) groups is 2. The van der Waals surface area contributed by atoms with E-state index in [4.69, 9.17) is 5.73 Å². The topological polar surface area (TPSA) is 63.4 Å². The third kappa shape index (κ3) is 2.57. The Balaban J connectivity index is 1.58. The van der Waals surface area contributed by atoms with Crippen molar-refractivity contribution >= 4 is 11.8 Å². The minimum Gasteiger partial charge on any atom is -0.369 e. The van der Waals surface area contributed by atoms with Gasteiger partial charge in [0.25, 0.3) is 0 Å². The Morgan fingerprint density at radius 3 is 2.20 bits per heavy atom. The van der Waals surface area contributed by atoms with Gasteiger partial charge in [-0.2, -0.15) is 0 Å². The van der Waals surface area contributed by atoms with E-state index in [-0.39, 0.29) is 17.7 Å². The van der Waals surface area contributed by atoms with Crippen LogP contribution in [-0.2, 0) is 9.59 Å². The zero-order chi connectivity index (χ0) is 14.1. The molecule has 2 atom stereocenters. The molecule has 1 heterocycles. The van der Waals surface area contributed by atoms with Gasteiger partial charge in [0, 0.05) is 24.4 Å². The van der Waals surface area contributed by atoms with Crippen LogP contribution in [0.15, 0.2) is 0 Å². The average Bonchev–Trinajstić information content (AvgIpc) is 2.90. The molecule has 4 nitrogen and oxygen atoms in total. The van der Waals surface area contributed by atoms with Crippen molar-refractivity contribution in [1.82, 2.24) is 4.90 Å². The van der Waals surface area contributed by atoms with Crippen molar-refractivity contribution in [3.05, 3.63) is 0 Å². The van der Waals surface area contributed by atoms with E-state index in [2.05, 4.69) is 4.90 Å². The van der Waals surface area contributed by atoms with E-state index in [1.165, 1.54) is 32.1 Å². The van der Waals surface area contributed by atoms with Crippen molar-refractivity contribution in [3.8, 4) is 0 Å². The molecule has 112 valence electrons. The van der Waals surface area contributed by atoms with Crippen LogP contribution in [0.25, 0.3) is 0 Å². The lowest BCUT2D eigenvalue weighted by Crippen LogP contribution is -2.43. The molecule has 2 N–H and O–H groups in total. The number of primary amides is 1. The summed E-state index contributed by atoms with van der Waals surface area (Å²) in [6, 6.07) is 0.519. The van der Waals surface area contributed by atoms with E-state index in [0.29, 0.717) is 11.9 Å². The van der Waals surface area contributed by atoms with Gasteiger partial charge in [0.2, 0.25) is 11.8 Å². The molecule has 1 aliphatic heterocycles. The van der Waals surface area contributed by atoms with Gasteiger partial charge in [-0.25, -0.2) is 0 Å². The SMILES string of the molecule is NC(=O)C1CCC(C(=O)N2CCC3CCCCC32)CC1. The molecule has 20 heavy (non-hydrogen) atoms. The van der Waals surface area contributed by atoms with Crippen LogP contribution in [0.2, 0.25) is 0 Å². The molecule has 0 aromatic rings. The highest BCUT2D eigenvalue weighted by Crippen LogP contribution is 2.38. The number of fused-ring (bicyclic) bond motifs is 1. The number of rotatable bonds is 2. The van der Waals surface area contributed by atoms with E-state index >= 15 is 0 Å². The number of nitrogens with two attached hydrogens (primary N) is 1. The Morgan fingerprint density at radius 2 is 1.50 bits per heavy atom. The summed E-state index contributed by atoms with van der Waals surface area (Å²) in [6.45, 7) is 0.962. The Morgan fingerprint density at radius 1 is 0.850 bits per heavy atom. The normalized spacial score (nSPS) is 37.5. The maximum absolute atomic E-state index is 12.7. The van der Waals surface area contributed by atoms with Crippen LogP contribution >= 0.6 is 0 Å². The van der Waals surface area contributed by atoms with Gasteiger partial charge in [-0.05, 0) is 50.9 Å². The highest BCUT2D eigenvalue weighted by molar-refractivity contribution is 5.81. The van der Waals surface area contributed by atoms with Crippen LogP contribution in [0.4, 0.5) is 0 Å². The molecule has 0 radical (unpaired) electrons. The molecule has 1 saturated heterocycles. The molecule has 4 heteroatoms. The van der Waals surface area contributed by atoms with Crippen LogP contribution < -0.4 is 5.73 Å². The molecule has 3 aliphatic rings. The molecular weight excluding hydrogens is 252 g/mol. The average molecular weight is 278 g/mol. The molecule has 3 rings (SSSR count). The lowest BCUT2D eigenvalue weighted by atomic mass is 9.80. The number of amides is 2. The van der Waals surface area contributed by atoms with Gasteiger partial charge < -0.3 is 10.6 Å². The first-order chi connectivity index (χ1) is 9.66. The zero-order valence-electron chi connectivity index (χ0n) is 12.2. The summed E-state index contributed by atoms with van der Waals surface area (Å²) in [7, 11) is 0. The molecule has 0 spiro atoms. The summed E-state index contributed by atoms with van der Waals surface area (Å²) in [6.07, 6.45) is 9.62. The second-order valence-corrected chi connectivity index (χ2v) is 6.88. The minimum atomic E-state index is -0.190. The maximum Gasteiger partial charge on any atom is 0.225 e. The van der Waals surface area contributed by atoms with Crippen molar-refractivity contribution in [2.45, 2.75) is 63.8 Å². The van der Waals surface area contributed by atoms with Crippen molar-refractivity contribution in [2.24, 2.45) is 23.5 Å². The minimum absolute atomic E-state index is 0.0000529. The summed E-state index contributed by atoms with van der Waals surface area (Å²) in [5.41, 5.74) is 5.36. The highest BCUT2D eigenvalue weighted by Gasteiger charge is 2.41. The molecule has 2 amide bonds. The van der Waals surface area contributed by atoms with Crippen molar-refractivity contribution < 1.29 is 9.59 Å². The van der Waals surface area contributed by atoms with Gasteiger partial charge >= 0.3 is 0 Å². The largest absolute Gasteiger partial charge is 0.369 e. The molecular formula is C16H26N2O2. The molecule has 2 unspecified atom stereocenters. The Kier molecular flexibility index (Phi) is 3.99. The predicted molar refractivity (Wildman–Crippen MR) is 76.7 cm³/mol. The monoisotopic (exact) mass is 278 g/mol. The predicted octanol–water partition coefficient (Wildman–Crippen LogP) is 2.07. The summed E-state index contributed by atoms with van der Waals surface area (Å²) < 4.78 is 0. The third-order valence-corrected chi connectivity index (χ3v) is 5.77. The van der Waals surface area contributed by atoms with Gasteiger partial charge in [0.05, 0.1) is 0 Å². The van der Waals surface area contributed by atoms with Gasteiger partial charge in [0.15, 0.2) is 0 Å². The number of carbonyl (C=O) groups excluding carboxylic acids is 2. The quantitative estimate of drug-likeness (QED) is 0.840. The van der Waals surface area contributed by atoms with Gasteiger partial charge in [-0.15, -0.1) is 0 Å². The Hall–Kier alpha value is -1.06. The second-order valence-electron chi connectivity index (χ2n) is 6.88. The first-order valence-electron chi connectivity index (χ1n) is 8.26. The first-order valence-corrected chi connectivity index (χ1v) is 8.26. The number of nitrogens with zero attached hydrogens (tertiary/aromatic N) is 1. The lowest BCUT2D eigenvalue weighted by molar-refractivity contribution is -0.139. The molecule has 3 fully saturated rings. The van der Waals surface area contributed by atoms with E-state index in [0.717, 1.165) is 38.1 Å². The zero-order valence-corrected chi connectivity index (χ0v) is 12.2. The van der Waals surface area contributed by atoms with Gasteiger partial charge in [0.1, 0.15) is 0 Å². The number of hydrogen-bond acceptors (Lipinski definition) is 2. The summed E-state index contributed by atoms with van der Waals surface area (Å²) in [4.78, 5) is 26.1. The van der Waals surface area contributed by atoms with E-state index < -0.39 is 0 Å². The van der Waals surface area contributed by atoms with Crippen LogP contribution in [0.1, 0.15) is 57.8 Å². The Labute approximate surface area is 121 Å². The van der Waals surface area contributed by atoms with Crippen LogP contribution in [-0.4, -0.2) is 29.3 Å². The molecule has 0 aromatic heterocycles. The fourth-order valence-electron chi connectivity index (χ4n) is 4.54. The standard InChI is InChI=1S/C16H26N2O2/c17-15(19)12-5-7-13(8-6-12)16(20)18-10-9-11-3-1-2-4-14(11)18/h11-14H,1-10H2,(H2,17,19). The van der Waals surface area contributed by atoms with Gasteiger partial charge in [-0.3, -0.25) is 9.59 Å². The van der Waals surface area contributed by atoms with E-state index in [1.807, 2.05) is 0 Å². The van der Waals surface area contributed by atoms with Crippen LogP contribution in [0, 0.1) is 17.8 Å². The smallest absolute Gasteiger partial charge is 0.225 e. The Bertz CT molecular complexity index is 388. The van der Waals surface area contributed by atoms with Crippen molar-refractivity contribution in [1.29, 1.82) is 0 Å². The van der Waals surface area contributed by atoms with Crippen LogP contribution in [0.3, 0.4) is 0 Å². The fraction of sp³-hybridized carbons (Fsp3) is 0.875. The molecule has 2 saturated carbocycles. The summed E-state index contributed by atoms with van der Waals surface area (Å²) >= 11 is 0. The third-order valence-electron chi connectivity index (χ3n) is 5.77. The second kappa shape index (κ2) is 5.74. The van der Waals surface area contributed by atoms with Crippen LogP contribution in [0.5, 0.6) is 0 Å². The summed E-state index contributed by atoms with van der Waals surface area (Å²) in [5.74, 6) is 1.08. The lowest BCUT2D eigenvalue weighted by Gasteiger charge is -2.35. The summed E-state index contributed by atoms with van der Waals surface area (Å²) in [5, 5.41) is 0. The van der Waals surface area contributed by atoms with Crippen molar-refractivity contribution in [3.63, 3.8) is 0 Å². The maximum atomic E-state index is 12.7. The van der Waals surface area contributed by atoms with E-state index in [9.17, 15) is 9.59 Å². The number of likely N-dealkylation sites (tertiary alicyclic amines) is 1. The molecule has 0 aromatic carbocycles. The fourth-order valence-corrected chi connectivity index (χ4v) is 4.54. The first kappa shape index (κ1) is 13.9. The molecule has 0 bridgehead atoms. The van der Waals surface area contributed by atoms with Crippen molar-refractivity contribution in [2.75, 3.05) is 6.54 Å². The number of hydrogen-bond donors (Lipinski definition) is 1. The highest BCUT2D eigenvalue weighted by atomic mass is 16.2. The molecule has 2 aliphatic carbocycles. The van der Waals surface area contributed by atoms with E-state index in [1.54, 1.807) is 0 Å². The van der Waals surface area contributed by atoms with Gasteiger partial charge in [-0.1, -0.05) is 12.8 Å².